The zero-order valence-corrected chi connectivity index (χ0v) is 10.9. The van der Waals surface area contributed by atoms with Gasteiger partial charge in [-0.25, -0.2) is 0 Å². The van der Waals surface area contributed by atoms with Crippen LogP contribution >= 0.6 is 0 Å². The van der Waals surface area contributed by atoms with Gasteiger partial charge in [0.1, 0.15) is 0 Å². The Bertz CT molecular complexity index is 175. The molecule has 0 spiro atoms. The van der Waals surface area contributed by atoms with Crippen molar-refractivity contribution in [2.75, 3.05) is 6.61 Å². The molecule has 0 bridgehead atoms. The number of unbranched alkanes of at least 4 members (excludes halogenated alkanes) is 4. The van der Waals surface area contributed by atoms with Gasteiger partial charge in [0, 0.05) is 18.6 Å². The first-order valence-corrected chi connectivity index (χ1v) is 6.87. The summed E-state index contributed by atoms with van der Waals surface area (Å²) in [6, 6.07) is 0.444. The molecular formula is C13H28N2O. The van der Waals surface area contributed by atoms with Crippen molar-refractivity contribution in [1.29, 1.82) is 0 Å². The molecule has 1 aliphatic rings. The van der Waals surface area contributed by atoms with E-state index in [0.717, 1.165) is 13.0 Å². The molecule has 3 atom stereocenters. The second-order valence-corrected chi connectivity index (χ2v) is 5.00. The zero-order valence-electron chi connectivity index (χ0n) is 10.9. The van der Waals surface area contributed by atoms with Crippen LogP contribution in [0.5, 0.6) is 0 Å². The standard InChI is InChI=1S/C13H28N2O/c1-3-4-5-6-7-8-13(15-14)12-9-10-16-11(12)2/h11-13,15H,3-10,14H2,1-2H3. The van der Waals surface area contributed by atoms with E-state index in [9.17, 15) is 0 Å². The van der Waals surface area contributed by atoms with Gasteiger partial charge in [0.2, 0.25) is 0 Å². The molecule has 0 aromatic carbocycles. The summed E-state index contributed by atoms with van der Waals surface area (Å²) in [7, 11) is 0. The van der Waals surface area contributed by atoms with Crippen molar-refractivity contribution in [3.05, 3.63) is 0 Å². The molecule has 0 amide bonds. The summed E-state index contributed by atoms with van der Waals surface area (Å²) in [6.45, 7) is 5.32. The van der Waals surface area contributed by atoms with Crippen molar-refractivity contribution in [2.45, 2.75) is 70.9 Å². The summed E-state index contributed by atoms with van der Waals surface area (Å²) < 4.78 is 5.60. The summed E-state index contributed by atoms with van der Waals surface area (Å²) in [5, 5.41) is 0. The van der Waals surface area contributed by atoms with Crippen molar-refractivity contribution in [2.24, 2.45) is 11.8 Å². The highest BCUT2D eigenvalue weighted by Gasteiger charge is 2.30. The minimum Gasteiger partial charge on any atom is -0.378 e. The summed E-state index contributed by atoms with van der Waals surface area (Å²) in [6.07, 6.45) is 9.40. The Labute approximate surface area is 100 Å². The molecule has 3 heteroatoms. The summed E-state index contributed by atoms with van der Waals surface area (Å²) in [5.74, 6) is 6.26. The molecule has 0 aliphatic carbocycles. The molecule has 3 unspecified atom stereocenters. The van der Waals surface area contributed by atoms with Crippen LogP contribution in [0.25, 0.3) is 0 Å². The van der Waals surface area contributed by atoms with Gasteiger partial charge in [0.15, 0.2) is 0 Å². The average Bonchev–Trinajstić information content (AvgIpc) is 2.70. The maximum absolute atomic E-state index is 5.65. The van der Waals surface area contributed by atoms with E-state index in [4.69, 9.17) is 10.6 Å². The fourth-order valence-electron chi connectivity index (χ4n) is 2.67. The first kappa shape index (κ1) is 13.9. The minimum atomic E-state index is 0.372. The Morgan fingerprint density at radius 2 is 2.06 bits per heavy atom. The van der Waals surface area contributed by atoms with E-state index in [1.165, 1.54) is 38.5 Å². The van der Waals surface area contributed by atoms with E-state index in [0.29, 0.717) is 18.1 Å². The van der Waals surface area contributed by atoms with Gasteiger partial charge in [-0.2, -0.15) is 0 Å². The van der Waals surface area contributed by atoms with Crippen LogP contribution in [0.2, 0.25) is 0 Å². The number of hydrazine groups is 1. The molecule has 0 aromatic heterocycles. The summed E-state index contributed by atoms with van der Waals surface area (Å²) in [5.41, 5.74) is 2.99. The SMILES string of the molecule is CCCCCCCC(NN)C1CCOC1C. The summed E-state index contributed by atoms with van der Waals surface area (Å²) >= 11 is 0. The van der Waals surface area contributed by atoms with Gasteiger partial charge in [-0.05, 0) is 19.8 Å². The molecule has 0 saturated carbocycles. The zero-order chi connectivity index (χ0) is 11.8. The maximum atomic E-state index is 5.65. The van der Waals surface area contributed by atoms with Gasteiger partial charge in [-0.15, -0.1) is 0 Å². The lowest BCUT2D eigenvalue weighted by molar-refractivity contribution is 0.0939. The third-order valence-electron chi connectivity index (χ3n) is 3.78. The van der Waals surface area contributed by atoms with Crippen molar-refractivity contribution in [1.82, 2.24) is 5.43 Å². The highest BCUT2D eigenvalue weighted by Crippen LogP contribution is 2.26. The normalized spacial score (nSPS) is 27.2. The number of hydrogen-bond acceptors (Lipinski definition) is 3. The van der Waals surface area contributed by atoms with Crippen LogP contribution in [0, 0.1) is 5.92 Å². The monoisotopic (exact) mass is 228 g/mol. The van der Waals surface area contributed by atoms with Gasteiger partial charge in [-0.1, -0.05) is 39.0 Å². The van der Waals surface area contributed by atoms with Crippen molar-refractivity contribution in [3.8, 4) is 0 Å². The quantitative estimate of drug-likeness (QED) is 0.381. The van der Waals surface area contributed by atoms with E-state index >= 15 is 0 Å². The number of rotatable bonds is 8. The highest BCUT2D eigenvalue weighted by atomic mass is 16.5. The molecule has 16 heavy (non-hydrogen) atoms. The topological polar surface area (TPSA) is 47.3 Å². The first-order valence-electron chi connectivity index (χ1n) is 6.87. The molecule has 1 saturated heterocycles. The van der Waals surface area contributed by atoms with Crippen molar-refractivity contribution in [3.63, 3.8) is 0 Å². The lowest BCUT2D eigenvalue weighted by atomic mass is 9.90. The fraction of sp³-hybridized carbons (Fsp3) is 1.00. The van der Waals surface area contributed by atoms with Crippen LogP contribution in [0.3, 0.4) is 0 Å². The Morgan fingerprint density at radius 1 is 1.31 bits per heavy atom. The van der Waals surface area contributed by atoms with Crippen LogP contribution in [-0.2, 0) is 4.74 Å². The molecule has 3 nitrogen and oxygen atoms in total. The van der Waals surface area contributed by atoms with Gasteiger partial charge >= 0.3 is 0 Å². The Balaban J connectivity index is 2.16. The number of hydrogen-bond donors (Lipinski definition) is 2. The minimum absolute atomic E-state index is 0.372. The lowest BCUT2D eigenvalue weighted by Crippen LogP contribution is -2.43. The van der Waals surface area contributed by atoms with Crippen LogP contribution < -0.4 is 11.3 Å². The van der Waals surface area contributed by atoms with Gasteiger partial charge in [0.25, 0.3) is 0 Å². The second kappa shape index (κ2) is 8.04. The Hall–Kier alpha value is -0.120. The molecule has 1 aliphatic heterocycles. The third-order valence-corrected chi connectivity index (χ3v) is 3.78. The predicted octanol–water partition coefficient (Wildman–Crippen LogP) is 2.60. The predicted molar refractivity (Wildman–Crippen MR) is 68.0 cm³/mol. The van der Waals surface area contributed by atoms with E-state index in [2.05, 4.69) is 19.3 Å². The van der Waals surface area contributed by atoms with Crippen LogP contribution in [0.1, 0.15) is 58.8 Å². The number of nitrogens with two attached hydrogens (primary N) is 1. The Morgan fingerprint density at radius 3 is 2.62 bits per heavy atom. The lowest BCUT2D eigenvalue weighted by Gasteiger charge is -2.25. The second-order valence-electron chi connectivity index (χ2n) is 5.00. The first-order chi connectivity index (χ1) is 7.79. The molecule has 3 N–H and O–H groups in total. The average molecular weight is 228 g/mol. The summed E-state index contributed by atoms with van der Waals surface area (Å²) in [4.78, 5) is 0. The Kier molecular flexibility index (Phi) is 7.01. The molecule has 1 rings (SSSR count). The van der Waals surface area contributed by atoms with Gasteiger partial charge in [-0.3, -0.25) is 11.3 Å². The van der Waals surface area contributed by atoms with E-state index < -0.39 is 0 Å². The van der Waals surface area contributed by atoms with Crippen molar-refractivity contribution < 1.29 is 4.74 Å². The van der Waals surface area contributed by atoms with E-state index in [-0.39, 0.29) is 0 Å². The van der Waals surface area contributed by atoms with Gasteiger partial charge < -0.3 is 4.74 Å². The molecule has 0 radical (unpaired) electrons. The van der Waals surface area contributed by atoms with Crippen LogP contribution in [0.4, 0.5) is 0 Å². The molecular weight excluding hydrogens is 200 g/mol. The molecule has 1 heterocycles. The maximum Gasteiger partial charge on any atom is 0.0591 e. The number of nitrogens with one attached hydrogen (secondary N) is 1. The van der Waals surface area contributed by atoms with Crippen LogP contribution in [0.15, 0.2) is 0 Å². The molecule has 96 valence electrons. The van der Waals surface area contributed by atoms with Crippen molar-refractivity contribution >= 4 is 0 Å². The largest absolute Gasteiger partial charge is 0.378 e. The fourth-order valence-corrected chi connectivity index (χ4v) is 2.67. The molecule has 0 aromatic rings. The highest BCUT2D eigenvalue weighted by molar-refractivity contribution is 4.83. The third kappa shape index (κ3) is 4.40. The van der Waals surface area contributed by atoms with E-state index in [1.54, 1.807) is 0 Å². The van der Waals surface area contributed by atoms with E-state index in [1.807, 2.05) is 0 Å². The van der Waals surface area contributed by atoms with Crippen LogP contribution in [-0.4, -0.2) is 18.8 Å². The number of ether oxygens (including phenoxy) is 1. The molecule has 1 fully saturated rings. The smallest absolute Gasteiger partial charge is 0.0591 e. The van der Waals surface area contributed by atoms with Gasteiger partial charge in [0.05, 0.1) is 6.10 Å².